The number of rotatable bonds is 1. The molecule has 0 unspecified atom stereocenters. The highest BCUT2D eigenvalue weighted by Gasteiger charge is 2.23. The normalized spacial score (nSPS) is 12.2. The molecule has 1 N–H and O–H groups in total. The van der Waals surface area contributed by atoms with Crippen LogP contribution in [0, 0.1) is 6.92 Å². The van der Waals surface area contributed by atoms with Gasteiger partial charge in [-0.15, -0.1) is 0 Å². The Balaban J connectivity index is 3.57. The Morgan fingerprint density at radius 2 is 1.80 bits per heavy atom. The first-order chi connectivity index (χ1) is 6.75. The molecule has 0 aromatic carbocycles. The highest BCUT2D eigenvalue weighted by Crippen LogP contribution is 2.26. The van der Waals surface area contributed by atoms with Crippen molar-refractivity contribution in [3.05, 3.63) is 33.2 Å². The number of nitrogens with one attached hydrogen (secondary N) is 1. The number of aromatic amines is 1. The maximum Gasteiger partial charge on any atom is 0.188 e. The smallest absolute Gasteiger partial charge is 0.188 e. The summed E-state index contributed by atoms with van der Waals surface area (Å²) in [5, 5.41) is 0. The van der Waals surface area contributed by atoms with E-state index in [1.54, 1.807) is 0 Å². The van der Waals surface area contributed by atoms with Crippen molar-refractivity contribution in [3.8, 4) is 0 Å². The van der Waals surface area contributed by atoms with Gasteiger partial charge in [-0.1, -0.05) is 34.6 Å². The largest absolute Gasteiger partial charge is 0.364 e. The summed E-state index contributed by atoms with van der Waals surface area (Å²) in [7, 11) is 0. The molecule has 1 heterocycles. The number of H-pyrrole nitrogens is 1. The Bertz CT molecular complexity index is 408. The summed E-state index contributed by atoms with van der Waals surface area (Å²) < 4.78 is 0. The van der Waals surface area contributed by atoms with E-state index < -0.39 is 0 Å². The first kappa shape index (κ1) is 12.0. The van der Waals surface area contributed by atoms with Gasteiger partial charge in [-0.3, -0.25) is 4.79 Å². The highest BCUT2D eigenvalue weighted by molar-refractivity contribution is 5.32. The minimum absolute atomic E-state index is 0.0980. The minimum atomic E-state index is -0.0980. The Morgan fingerprint density at radius 3 is 2.20 bits per heavy atom. The molecule has 2 heteroatoms. The fourth-order valence-electron chi connectivity index (χ4n) is 1.84. The number of hydrogen-bond donors (Lipinski definition) is 1. The molecule has 0 amide bonds. The molecule has 0 aliphatic carbocycles. The van der Waals surface area contributed by atoms with Crippen LogP contribution in [0.25, 0.3) is 0 Å². The molecule has 1 aromatic heterocycles. The van der Waals surface area contributed by atoms with Gasteiger partial charge in [-0.05, 0) is 18.3 Å². The third-order valence-electron chi connectivity index (χ3n) is 2.63. The molecule has 0 fully saturated rings. The lowest BCUT2D eigenvalue weighted by Gasteiger charge is -2.23. The molecule has 84 valence electrons. The second-order valence-corrected chi connectivity index (χ2v) is 5.49. The van der Waals surface area contributed by atoms with Crippen LogP contribution in [0.5, 0.6) is 0 Å². The lowest BCUT2D eigenvalue weighted by molar-refractivity contribution is 0.564. The maximum absolute atomic E-state index is 12.1. The zero-order valence-electron chi connectivity index (χ0n) is 10.6. The molecule has 0 saturated heterocycles. The van der Waals surface area contributed by atoms with Crippen molar-refractivity contribution in [3.63, 3.8) is 0 Å². The van der Waals surface area contributed by atoms with Crippen molar-refractivity contribution in [2.24, 2.45) is 0 Å². The van der Waals surface area contributed by atoms with Crippen LogP contribution in [0.1, 0.15) is 57.4 Å². The lowest BCUT2D eigenvalue weighted by atomic mass is 9.82. The molecule has 0 spiro atoms. The first-order valence-corrected chi connectivity index (χ1v) is 5.47. The monoisotopic (exact) mass is 207 g/mol. The van der Waals surface area contributed by atoms with Crippen LogP contribution < -0.4 is 5.43 Å². The number of aryl methyl sites for hydroxylation is 1. The van der Waals surface area contributed by atoms with Gasteiger partial charge in [0.1, 0.15) is 0 Å². The SMILES string of the molecule is Cc1c[nH]c(C(C)C)c(C(C)(C)C)c1=O. The molecular formula is C13H21NO. The molecule has 0 aliphatic heterocycles. The van der Waals surface area contributed by atoms with Gasteiger partial charge in [-0.2, -0.15) is 0 Å². The van der Waals surface area contributed by atoms with Crippen molar-refractivity contribution in [2.45, 2.75) is 52.9 Å². The third-order valence-corrected chi connectivity index (χ3v) is 2.63. The average molecular weight is 207 g/mol. The van der Waals surface area contributed by atoms with E-state index >= 15 is 0 Å². The Morgan fingerprint density at radius 1 is 1.27 bits per heavy atom. The van der Waals surface area contributed by atoms with E-state index in [1.807, 2.05) is 13.1 Å². The van der Waals surface area contributed by atoms with E-state index in [0.717, 1.165) is 16.8 Å². The lowest BCUT2D eigenvalue weighted by Crippen LogP contribution is -2.27. The predicted octanol–water partition coefficient (Wildman–Crippen LogP) is 3.10. The molecule has 2 nitrogen and oxygen atoms in total. The van der Waals surface area contributed by atoms with Crippen molar-refractivity contribution in [1.29, 1.82) is 0 Å². The van der Waals surface area contributed by atoms with Crippen LogP contribution in [-0.4, -0.2) is 4.98 Å². The van der Waals surface area contributed by atoms with Crippen molar-refractivity contribution in [1.82, 2.24) is 4.98 Å². The molecule has 1 rings (SSSR count). The quantitative estimate of drug-likeness (QED) is 0.754. The molecule has 0 radical (unpaired) electrons. The zero-order chi connectivity index (χ0) is 11.8. The second-order valence-electron chi connectivity index (χ2n) is 5.49. The molecule has 0 aliphatic rings. The van der Waals surface area contributed by atoms with Crippen LogP contribution >= 0.6 is 0 Å². The van der Waals surface area contributed by atoms with Gasteiger partial charge in [0.25, 0.3) is 0 Å². The predicted molar refractivity (Wildman–Crippen MR) is 64.6 cm³/mol. The Kier molecular flexibility index (Phi) is 3.08. The van der Waals surface area contributed by atoms with E-state index in [-0.39, 0.29) is 10.8 Å². The van der Waals surface area contributed by atoms with Gasteiger partial charge >= 0.3 is 0 Å². The molecule has 1 aromatic rings. The van der Waals surface area contributed by atoms with E-state index in [0.29, 0.717) is 5.92 Å². The fourth-order valence-corrected chi connectivity index (χ4v) is 1.84. The summed E-state index contributed by atoms with van der Waals surface area (Å²) in [4.78, 5) is 15.4. The van der Waals surface area contributed by atoms with Crippen LogP contribution in [0.2, 0.25) is 0 Å². The number of hydrogen-bond acceptors (Lipinski definition) is 1. The highest BCUT2D eigenvalue weighted by atomic mass is 16.1. The van der Waals surface area contributed by atoms with Gasteiger partial charge in [0, 0.05) is 23.0 Å². The first-order valence-electron chi connectivity index (χ1n) is 5.47. The van der Waals surface area contributed by atoms with Crippen molar-refractivity contribution >= 4 is 0 Å². The van der Waals surface area contributed by atoms with Crippen molar-refractivity contribution in [2.75, 3.05) is 0 Å². The Labute approximate surface area is 91.7 Å². The summed E-state index contributed by atoms with van der Waals surface area (Å²) in [5.41, 5.74) is 2.88. The van der Waals surface area contributed by atoms with Gasteiger partial charge in [0.05, 0.1) is 0 Å². The summed E-state index contributed by atoms with van der Waals surface area (Å²) >= 11 is 0. The number of aromatic nitrogens is 1. The average Bonchev–Trinajstić information content (AvgIpc) is 2.06. The van der Waals surface area contributed by atoms with Crippen LogP contribution in [0.4, 0.5) is 0 Å². The minimum Gasteiger partial charge on any atom is -0.364 e. The summed E-state index contributed by atoms with van der Waals surface area (Å²) in [6.07, 6.45) is 1.81. The molecule has 0 bridgehead atoms. The summed E-state index contributed by atoms with van der Waals surface area (Å²) in [5.74, 6) is 0.354. The van der Waals surface area contributed by atoms with Gasteiger partial charge < -0.3 is 4.98 Å². The van der Waals surface area contributed by atoms with E-state index in [2.05, 4.69) is 39.6 Å². The maximum atomic E-state index is 12.1. The van der Waals surface area contributed by atoms with Crippen LogP contribution in [0.15, 0.2) is 11.0 Å². The topological polar surface area (TPSA) is 32.9 Å². The summed E-state index contributed by atoms with van der Waals surface area (Å²) in [6.45, 7) is 12.3. The molecule has 0 atom stereocenters. The van der Waals surface area contributed by atoms with E-state index in [4.69, 9.17) is 0 Å². The number of pyridine rings is 1. The van der Waals surface area contributed by atoms with Gasteiger partial charge in [0.2, 0.25) is 0 Å². The summed E-state index contributed by atoms with van der Waals surface area (Å²) in [6, 6.07) is 0. The fraction of sp³-hybridized carbons (Fsp3) is 0.615. The molecule has 0 saturated carbocycles. The van der Waals surface area contributed by atoms with Crippen LogP contribution in [0.3, 0.4) is 0 Å². The standard InChI is InChI=1S/C13H21NO/c1-8(2)11-10(13(4,5)6)12(15)9(3)7-14-11/h7-8H,1-6H3,(H,14,15). The van der Waals surface area contributed by atoms with Crippen LogP contribution in [-0.2, 0) is 5.41 Å². The zero-order valence-corrected chi connectivity index (χ0v) is 10.6. The second kappa shape index (κ2) is 3.84. The third kappa shape index (κ3) is 2.31. The molecular weight excluding hydrogens is 186 g/mol. The van der Waals surface area contributed by atoms with Gasteiger partial charge in [0.15, 0.2) is 5.43 Å². The van der Waals surface area contributed by atoms with Gasteiger partial charge in [-0.25, -0.2) is 0 Å². The van der Waals surface area contributed by atoms with E-state index in [1.165, 1.54) is 0 Å². The molecule has 15 heavy (non-hydrogen) atoms. The Hall–Kier alpha value is -1.05. The van der Waals surface area contributed by atoms with Crippen molar-refractivity contribution < 1.29 is 0 Å². The van der Waals surface area contributed by atoms with E-state index in [9.17, 15) is 4.79 Å².